The third kappa shape index (κ3) is 23.6. The van der Waals surface area contributed by atoms with Crippen molar-refractivity contribution in [3.8, 4) is 29.4 Å². The molecule has 6 amide bonds. The van der Waals surface area contributed by atoms with E-state index in [9.17, 15) is 46.7 Å². The molecule has 2 saturated heterocycles. The first-order chi connectivity index (χ1) is 44.7. The molecule has 25 heteroatoms. The van der Waals surface area contributed by atoms with Crippen LogP contribution in [0.5, 0.6) is 5.88 Å². The summed E-state index contributed by atoms with van der Waals surface area (Å²) in [6, 6.07) is 15.9. The summed E-state index contributed by atoms with van der Waals surface area (Å²) in [4.78, 5) is 96.2. The molecule has 0 aliphatic carbocycles. The maximum Gasteiger partial charge on any atom is 0.416 e. The number of nitrogens with zero attached hydrogens (tertiary/aromatic N) is 9. The van der Waals surface area contributed by atoms with Crippen LogP contribution in [-0.2, 0) is 54.2 Å². The fraction of sp³-hybridized carbons (Fsp3) is 0.500. The van der Waals surface area contributed by atoms with Crippen LogP contribution >= 0.6 is 0 Å². The number of pyridine rings is 1. The summed E-state index contributed by atoms with van der Waals surface area (Å²) >= 11 is 0. The van der Waals surface area contributed by atoms with Crippen molar-refractivity contribution in [3.63, 3.8) is 0 Å². The lowest BCUT2D eigenvalue weighted by molar-refractivity contribution is -0.138. The second-order valence-electron chi connectivity index (χ2n) is 23.4. The van der Waals surface area contributed by atoms with Crippen molar-refractivity contribution in [1.82, 2.24) is 35.5 Å². The second-order valence-corrected chi connectivity index (χ2v) is 23.4. The number of ketones is 1. The number of aryl methyl sites for hydroxylation is 3. The first kappa shape index (κ1) is 73.1. The minimum atomic E-state index is -4.50. The number of amides is 6. The average Bonchev–Trinajstić information content (AvgIpc) is 1.63. The van der Waals surface area contributed by atoms with Crippen LogP contribution in [0.3, 0.4) is 0 Å². The minimum absolute atomic E-state index is 0.0167. The van der Waals surface area contributed by atoms with E-state index in [-0.39, 0.29) is 71.7 Å². The Kier molecular flexibility index (Phi) is 29.5. The number of Topliss-reactive ketones (excluding diaryl/α,β-unsaturated/α-hetero) is 1. The summed E-state index contributed by atoms with van der Waals surface area (Å²) in [5.74, 6) is 0.212. The molecule has 0 saturated carbocycles. The number of ether oxygens (including phenoxy) is 3. The monoisotopic (exact) mass is 1290 g/mol. The van der Waals surface area contributed by atoms with E-state index in [4.69, 9.17) is 26.2 Å². The molecule has 3 aromatic carbocycles. The molecule has 0 bridgehead atoms. The molecule has 1 atom stereocenters. The van der Waals surface area contributed by atoms with Crippen LogP contribution in [0.15, 0.2) is 84.2 Å². The van der Waals surface area contributed by atoms with Gasteiger partial charge in [0.25, 0.3) is 11.8 Å². The van der Waals surface area contributed by atoms with Crippen molar-refractivity contribution in [2.75, 3.05) is 56.3 Å². The van der Waals surface area contributed by atoms with E-state index in [2.05, 4.69) is 65.9 Å². The summed E-state index contributed by atoms with van der Waals surface area (Å²) in [7, 11) is 0. The number of azide groups is 1. The third-order valence-electron chi connectivity index (χ3n) is 15.2. The Balaban J connectivity index is 0.000000229. The van der Waals surface area contributed by atoms with E-state index in [0.29, 0.717) is 89.1 Å². The van der Waals surface area contributed by atoms with Crippen LogP contribution in [-0.4, -0.2) is 130 Å². The maximum absolute atomic E-state index is 13.1. The van der Waals surface area contributed by atoms with Crippen molar-refractivity contribution >= 4 is 52.6 Å². The maximum atomic E-state index is 13.1. The van der Waals surface area contributed by atoms with E-state index in [1.165, 1.54) is 24.3 Å². The zero-order valence-corrected chi connectivity index (χ0v) is 53.7. The van der Waals surface area contributed by atoms with Gasteiger partial charge in [0.05, 0.1) is 54.0 Å². The molecule has 93 heavy (non-hydrogen) atoms. The molecule has 498 valence electrons. The minimum Gasteiger partial charge on any atom is -0.476 e. The Morgan fingerprint density at radius 1 is 0.871 bits per heavy atom. The predicted octanol–water partition coefficient (Wildman–Crippen LogP) is 11.5. The SMILES string of the molecule is C#CCCCCOc1ncc(-c2cc(CC(=O)c3cccc(C(F)(F)F)c3)ccc2C)cc1N1CCOCC1.CC(C)NC(=O)CCCCCn1cc(CCCCOC(C)C)nn1.[N-]=[N+]=NCCCCCC(=O)Nc1cccc2c1C(=O)N(C1CCC(=O)NC1=O)C2=O. The van der Waals surface area contributed by atoms with E-state index in [1.54, 1.807) is 12.3 Å². The van der Waals surface area contributed by atoms with Crippen molar-refractivity contribution in [2.24, 2.45) is 5.11 Å². The smallest absolute Gasteiger partial charge is 0.416 e. The number of hydrogen-bond acceptors (Lipinski definition) is 15. The molecular formula is C68H85F3N12O10. The number of benzene rings is 3. The summed E-state index contributed by atoms with van der Waals surface area (Å²) in [5.41, 5.74) is 13.2. The van der Waals surface area contributed by atoms with Crippen LogP contribution in [0.2, 0.25) is 0 Å². The quantitative estimate of drug-likeness (QED) is 0.00708. The number of carbonyl (C=O) groups is 7. The normalized spacial score (nSPS) is 14.5. The molecule has 3 aliphatic heterocycles. The van der Waals surface area contributed by atoms with E-state index >= 15 is 0 Å². The number of alkyl halides is 3. The Labute approximate surface area is 541 Å². The highest BCUT2D eigenvalue weighted by Crippen LogP contribution is 2.36. The number of morpholine rings is 1. The largest absolute Gasteiger partial charge is 0.476 e. The highest BCUT2D eigenvalue weighted by Gasteiger charge is 2.46. The van der Waals surface area contributed by atoms with E-state index < -0.39 is 41.4 Å². The number of unbranched alkanes of at least 4 members (excludes halogenated alkanes) is 7. The molecule has 5 heterocycles. The third-order valence-corrected chi connectivity index (χ3v) is 15.2. The van der Waals surface area contributed by atoms with Crippen LogP contribution in [0.25, 0.3) is 21.6 Å². The van der Waals surface area contributed by atoms with Gasteiger partial charge in [-0.25, -0.2) is 4.98 Å². The molecule has 8 rings (SSSR count). The van der Waals surface area contributed by atoms with Gasteiger partial charge in [-0.2, -0.15) is 13.2 Å². The van der Waals surface area contributed by atoms with Gasteiger partial charge in [0.1, 0.15) is 11.7 Å². The Morgan fingerprint density at radius 2 is 1.61 bits per heavy atom. The molecule has 0 spiro atoms. The lowest BCUT2D eigenvalue weighted by atomic mass is 9.95. The van der Waals surface area contributed by atoms with Gasteiger partial charge in [-0.1, -0.05) is 59.6 Å². The van der Waals surface area contributed by atoms with E-state index in [1.807, 2.05) is 55.9 Å². The first-order valence-corrected chi connectivity index (χ1v) is 31.8. The molecule has 22 nitrogen and oxygen atoms in total. The van der Waals surface area contributed by atoms with Crippen molar-refractivity contribution in [2.45, 2.75) is 175 Å². The predicted molar refractivity (Wildman–Crippen MR) is 345 cm³/mol. The lowest BCUT2D eigenvalue weighted by Gasteiger charge is -2.30. The Hall–Kier alpha value is -8.98. The average molecular weight is 1290 g/mol. The number of piperidine rings is 1. The number of imide groups is 2. The topological polar surface area (TPSA) is 282 Å². The number of halogens is 3. The number of fused-ring (bicyclic) bond motifs is 1. The van der Waals surface area contributed by atoms with Gasteiger partial charge in [0.2, 0.25) is 29.5 Å². The second kappa shape index (κ2) is 37.5. The first-order valence-electron chi connectivity index (χ1n) is 31.8. The van der Waals surface area contributed by atoms with Crippen LogP contribution in [0, 0.1) is 19.3 Å². The Bertz CT molecular complexity index is 3440. The van der Waals surface area contributed by atoms with Gasteiger partial charge in [-0.05, 0) is 151 Å². The number of hydrogen-bond donors (Lipinski definition) is 3. The van der Waals surface area contributed by atoms with Gasteiger partial charge >= 0.3 is 6.18 Å². The van der Waals surface area contributed by atoms with Gasteiger partial charge in [-0.15, -0.1) is 17.4 Å². The number of rotatable bonds is 31. The van der Waals surface area contributed by atoms with Crippen molar-refractivity contribution in [3.05, 3.63) is 129 Å². The van der Waals surface area contributed by atoms with Crippen LogP contribution in [0.1, 0.15) is 177 Å². The molecular weight excluding hydrogens is 1200 g/mol. The number of anilines is 2. The Morgan fingerprint density at radius 3 is 2.33 bits per heavy atom. The molecule has 2 fully saturated rings. The van der Waals surface area contributed by atoms with Crippen molar-refractivity contribution in [1.29, 1.82) is 0 Å². The standard InChI is InChI=1S/C31H31F3N2O3.C19H20N6O5.C18H34N4O2/c1-3-4-5-6-14-39-30-28(36-12-15-38-16-13-36)20-25(21-35-30)27-17-23(11-10-22(27)2)18-29(37)24-8-7-9-26(19-24)31(32,33)34;20-24-21-10-3-1-2-7-14(26)22-12-6-4-5-11-16(12)19(30)25(18(11)29)13-8-9-15(27)23-17(13)28;1-15(2)19-18(23)11-6-5-8-12-22-14-17(20-21-22)10-7-9-13-24-16(3)4/h1,7-11,17,19-21H,4-6,12-16,18H2,2H3;4-6,13H,1-3,7-10H2,(H,22,26)(H,23,27,28);14-16H,5-13H2,1-4H3,(H,19,23). The molecule has 0 radical (unpaired) electrons. The van der Waals surface area contributed by atoms with E-state index in [0.717, 1.165) is 110 Å². The zero-order valence-electron chi connectivity index (χ0n) is 53.7. The molecule has 1 unspecified atom stereocenters. The summed E-state index contributed by atoms with van der Waals surface area (Å²) in [6.45, 7) is 15.3. The van der Waals surface area contributed by atoms with Gasteiger partial charge < -0.3 is 29.7 Å². The lowest BCUT2D eigenvalue weighted by Crippen LogP contribution is -2.54. The number of aromatic nitrogens is 4. The van der Waals surface area contributed by atoms with Gasteiger partial charge in [0.15, 0.2) is 5.78 Å². The fourth-order valence-corrected chi connectivity index (χ4v) is 10.4. The number of terminal acetylenes is 1. The number of carbonyl (C=O) groups excluding carboxylic acids is 7. The molecule has 5 aromatic rings. The molecule has 3 N–H and O–H groups in total. The fourth-order valence-electron chi connectivity index (χ4n) is 10.4. The molecule has 3 aliphatic rings. The van der Waals surface area contributed by atoms with Gasteiger partial charge in [-0.3, -0.25) is 48.5 Å². The summed E-state index contributed by atoms with van der Waals surface area (Å²) < 4.78 is 58.3. The highest BCUT2D eigenvalue weighted by atomic mass is 19.4. The highest BCUT2D eigenvalue weighted by molar-refractivity contribution is 6.26. The van der Waals surface area contributed by atoms with Crippen LogP contribution < -0.4 is 25.6 Å². The van der Waals surface area contributed by atoms with Crippen LogP contribution in [0.4, 0.5) is 24.5 Å². The van der Waals surface area contributed by atoms with Crippen molar-refractivity contribution < 1.29 is 60.9 Å². The zero-order chi connectivity index (χ0) is 67.3. The number of nitrogens with one attached hydrogen (secondary N) is 3. The summed E-state index contributed by atoms with van der Waals surface area (Å²) in [6.07, 6.45) is 16.3. The molecule has 2 aromatic heterocycles. The summed E-state index contributed by atoms with van der Waals surface area (Å²) in [5, 5.41) is 19.5. The van der Waals surface area contributed by atoms with Gasteiger partial charge in [0, 0.05) is 99.4 Å².